The molecule has 1 heterocycles. The Hall–Kier alpha value is -1.91. The van der Waals surface area contributed by atoms with E-state index in [2.05, 4.69) is 90.4 Å². The topological polar surface area (TPSA) is 17.8 Å². The van der Waals surface area contributed by atoms with Crippen molar-refractivity contribution in [3.63, 3.8) is 0 Å². The van der Waals surface area contributed by atoms with Crippen LogP contribution >= 0.6 is 23.5 Å². The molecule has 2 fully saturated rings. The van der Waals surface area contributed by atoms with Crippen molar-refractivity contribution < 1.29 is 0 Å². The van der Waals surface area contributed by atoms with Gasteiger partial charge in [0.25, 0.3) is 0 Å². The van der Waals surface area contributed by atoms with Gasteiger partial charge in [-0.25, -0.2) is 4.68 Å². The van der Waals surface area contributed by atoms with E-state index < -0.39 is 0 Å². The minimum Gasteiger partial charge on any atom is -0.238 e. The van der Waals surface area contributed by atoms with Gasteiger partial charge in [-0.15, -0.1) is 23.5 Å². The van der Waals surface area contributed by atoms with Crippen molar-refractivity contribution in [2.75, 3.05) is 0 Å². The molecule has 1 aromatic heterocycles. The number of thioether (sulfide) groups is 2. The number of benzene rings is 2. The van der Waals surface area contributed by atoms with Gasteiger partial charge in [-0.1, -0.05) is 98.2 Å². The second kappa shape index (κ2) is 11.9. The van der Waals surface area contributed by atoms with Crippen molar-refractivity contribution in [3.05, 3.63) is 76.8 Å². The Bertz CT molecular complexity index is 1120. The van der Waals surface area contributed by atoms with Gasteiger partial charge in [-0.2, -0.15) is 5.10 Å². The zero-order valence-electron chi connectivity index (χ0n) is 21.2. The Kier molecular flexibility index (Phi) is 8.41. The monoisotopic (exact) mass is 502 g/mol. The van der Waals surface area contributed by atoms with Crippen LogP contribution in [-0.4, -0.2) is 20.3 Å². The van der Waals surface area contributed by atoms with Crippen LogP contribution < -0.4 is 0 Å². The summed E-state index contributed by atoms with van der Waals surface area (Å²) in [5.74, 6) is 0. The zero-order chi connectivity index (χ0) is 24.0. The molecular formula is C31H38N2S2. The number of hydrogen-bond acceptors (Lipinski definition) is 3. The van der Waals surface area contributed by atoms with Crippen LogP contribution in [0, 0.1) is 13.8 Å². The Morgan fingerprint density at radius 1 is 0.771 bits per heavy atom. The molecule has 5 rings (SSSR count). The van der Waals surface area contributed by atoms with Gasteiger partial charge < -0.3 is 0 Å². The van der Waals surface area contributed by atoms with Crippen molar-refractivity contribution in [2.45, 2.75) is 93.5 Å². The van der Waals surface area contributed by atoms with E-state index in [1.165, 1.54) is 97.1 Å². The van der Waals surface area contributed by atoms with Crippen molar-refractivity contribution in [3.8, 4) is 11.3 Å². The first kappa shape index (κ1) is 24.8. The van der Waals surface area contributed by atoms with Gasteiger partial charge in [-0.3, -0.25) is 0 Å². The summed E-state index contributed by atoms with van der Waals surface area (Å²) in [5, 5.41) is 9.08. The molecule has 2 saturated carbocycles. The Balaban J connectivity index is 1.52. The van der Waals surface area contributed by atoms with Crippen molar-refractivity contribution in [2.24, 2.45) is 0 Å². The summed E-state index contributed by atoms with van der Waals surface area (Å²) in [6.45, 7) is 4.31. The van der Waals surface area contributed by atoms with Crippen LogP contribution in [-0.2, 0) is 0 Å². The summed E-state index contributed by atoms with van der Waals surface area (Å²) < 4.78 is 2.17. The Morgan fingerprint density at radius 2 is 1.34 bits per heavy atom. The summed E-state index contributed by atoms with van der Waals surface area (Å²) in [6.07, 6.45) is 15.9. The lowest BCUT2D eigenvalue weighted by Crippen LogP contribution is -2.07. The van der Waals surface area contributed by atoms with Crippen LogP contribution in [0.4, 0.5) is 0 Å². The molecule has 3 aromatic rings. The lowest BCUT2D eigenvalue weighted by molar-refractivity contribution is 0.516. The first-order chi connectivity index (χ1) is 17.2. The second-order valence-electron chi connectivity index (χ2n) is 10.3. The molecule has 184 valence electrons. The molecule has 0 aliphatic heterocycles. The molecule has 0 spiro atoms. The van der Waals surface area contributed by atoms with Crippen molar-refractivity contribution >= 4 is 29.2 Å². The highest BCUT2D eigenvalue weighted by Crippen LogP contribution is 2.40. The van der Waals surface area contributed by atoms with Gasteiger partial charge in [0.1, 0.15) is 5.69 Å². The molecule has 0 unspecified atom stereocenters. The molecular weight excluding hydrogens is 464 g/mol. The quantitative estimate of drug-likeness (QED) is 0.320. The average molecular weight is 503 g/mol. The van der Waals surface area contributed by atoms with E-state index in [0.29, 0.717) is 5.25 Å². The zero-order valence-corrected chi connectivity index (χ0v) is 22.8. The Morgan fingerprint density at radius 3 is 1.97 bits per heavy atom. The third-order valence-electron chi connectivity index (χ3n) is 7.37. The maximum Gasteiger partial charge on any atom is 0.106 e. The van der Waals surface area contributed by atoms with E-state index in [1.54, 1.807) is 0 Å². The summed E-state index contributed by atoms with van der Waals surface area (Å²) >= 11 is 4.07. The van der Waals surface area contributed by atoms with E-state index in [0.717, 1.165) is 10.9 Å². The normalized spacial score (nSPS) is 18.2. The predicted molar refractivity (Wildman–Crippen MR) is 154 cm³/mol. The second-order valence-corrected chi connectivity index (χ2v) is 12.8. The van der Waals surface area contributed by atoms with Crippen LogP contribution in [0.2, 0.25) is 0 Å². The lowest BCUT2D eigenvalue weighted by atomic mass is 10.0. The highest BCUT2D eigenvalue weighted by molar-refractivity contribution is 8.02. The molecule has 0 bridgehead atoms. The highest BCUT2D eigenvalue weighted by Gasteiger charge is 2.21. The molecule has 0 radical (unpaired) electrons. The van der Waals surface area contributed by atoms with E-state index >= 15 is 0 Å². The largest absolute Gasteiger partial charge is 0.238 e. The fraction of sp³-hybridized carbons (Fsp3) is 0.452. The van der Waals surface area contributed by atoms with Gasteiger partial charge >= 0.3 is 0 Å². The maximum atomic E-state index is 5.25. The van der Waals surface area contributed by atoms with Gasteiger partial charge in [0, 0.05) is 27.8 Å². The van der Waals surface area contributed by atoms with Gasteiger partial charge in [-0.05, 0) is 44.9 Å². The molecule has 0 amide bonds. The van der Waals surface area contributed by atoms with E-state index in [1.807, 2.05) is 11.8 Å². The van der Waals surface area contributed by atoms with E-state index in [-0.39, 0.29) is 0 Å². The van der Waals surface area contributed by atoms with Crippen LogP contribution in [0.1, 0.15) is 80.9 Å². The van der Waals surface area contributed by atoms with Gasteiger partial charge in [0.05, 0.1) is 10.6 Å². The number of aryl methyl sites for hydroxylation is 2. The van der Waals surface area contributed by atoms with Gasteiger partial charge in [0.2, 0.25) is 0 Å². The fourth-order valence-electron chi connectivity index (χ4n) is 5.18. The summed E-state index contributed by atoms with van der Waals surface area (Å²) in [6, 6.07) is 17.8. The van der Waals surface area contributed by atoms with Crippen LogP contribution in [0.3, 0.4) is 0 Å². The molecule has 0 saturated heterocycles. The third kappa shape index (κ3) is 6.46. The number of rotatable bonds is 7. The summed E-state index contributed by atoms with van der Waals surface area (Å²) in [4.78, 5) is 1.32. The van der Waals surface area contributed by atoms with E-state index in [4.69, 9.17) is 5.10 Å². The average Bonchev–Trinajstić information content (AvgIpc) is 3.30. The molecule has 0 atom stereocenters. The maximum absolute atomic E-state index is 5.25. The lowest BCUT2D eigenvalue weighted by Gasteiger charge is -2.20. The number of aromatic nitrogens is 2. The number of nitrogens with zero attached hydrogens (tertiary/aromatic N) is 2. The molecule has 35 heavy (non-hydrogen) atoms. The first-order valence-corrected chi connectivity index (χ1v) is 15.2. The third-order valence-corrected chi connectivity index (χ3v) is 9.94. The van der Waals surface area contributed by atoms with Crippen LogP contribution in [0.5, 0.6) is 0 Å². The van der Waals surface area contributed by atoms with Crippen molar-refractivity contribution in [1.82, 2.24) is 9.78 Å². The SMILES string of the molecule is Cc1ccc(/C(=C\SC2CCCCC2)n2cc(SC3CCCCC3)c(-c3ccc(C)cc3)n2)cc1. The van der Waals surface area contributed by atoms with Crippen LogP contribution in [0.25, 0.3) is 17.0 Å². The molecule has 2 aliphatic rings. The highest BCUT2D eigenvalue weighted by atomic mass is 32.2. The smallest absolute Gasteiger partial charge is 0.106 e. The number of hydrogen-bond donors (Lipinski definition) is 0. The minimum atomic E-state index is 0.703. The summed E-state index contributed by atoms with van der Waals surface area (Å²) in [5.41, 5.74) is 7.37. The molecule has 2 nitrogen and oxygen atoms in total. The molecule has 2 aromatic carbocycles. The molecule has 0 N–H and O–H groups in total. The Labute approximate surface area is 220 Å². The molecule has 2 aliphatic carbocycles. The van der Waals surface area contributed by atoms with Crippen molar-refractivity contribution in [1.29, 1.82) is 0 Å². The first-order valence-electron chi connectivity index (χ1n) is 13.4. The minimum absolute atomic E-state index is 0.703. The van der Waals surface area contributed by atoms with Crippen LogP contribution in [0.15, 0.2) is 65.0 Å². The predicted octanol–water partition coefficient (Wildman–Crippen LogP) is 9.50. The fourth-order valence-corrected chi connectivity index (χ4v) is 7.71. The van der Waals surface area contributed by atoms with Gasteiger partial charge in [0.15, 0.2) is 0 Å². The summed E-state index contributed by atoms with van der Waals surface area (Å²) in [7, 11) is 0. The van der Waals surface area contributed by atoms with E-state index in [9.17, 15) is 0 Å². The molecule has 4 heteroatoms. The standard InChI is InChI=1S/C31H38N2S2/c1-23-13-17-25(18-14-23)29(22-34-27-9-5-3-6-10-27)33-21-30(35-28-11-7-4-8-12-28)31(32-33)26-19-15-24(2)16-20-26/h13-22,27-28H,3-12H2,1-2H3/b29-22+.